The number of likely N-dealkylation sites (tertiary alicyclic amines) is 5. The Bertz CT molecular complexity index is 4170. The number of benzene rings is 4. The molecule has 5 aliphatic heterocycles. The highest BCUT2D eigenvalue weighted by Crippen LogP contribution is 2.32. The quantitative estimate of drug-likeness (QED) is 0.0282. The number of hydrogen-bond donors (Lipinski definition) is 10. The molecular weight excluding hydrogens is 1410 g/mol. The summed E-state index contributed by atoms with van der Waals surface area (Å²) >= 11 is 0. The number of anilines is 8. The highest BCUT2D eigenvalue weighted by atomic mass is 16.6. The number of esters is 1. The summed E-state index contributed by atoms with van der Waals surface area (Å²) in [6.07, 6.45) is 21.9. The van der Waals surface area contributed by atoms with Gasteiger partial charge in [-0.05, 0) is 239 Å². The number of nitrogens with one attached hydrogen (secondary N) is 7. The van der Waals surface area contributed by atoms with E-state index >= 15 is 0 Å². The van der Waals surface area contributed by atoms with Gasteiger partial charge in [-0.25, -0.2) is 54.3 Å². The van der Waals surface area contributed by atoms with Crippen LogP contribution in [-0.4, -0.2) is 242 Å². The van der Waals surface area contributed by atoms with Crippen LogP contribution in [-0.2, 0) is 9.47 Å². The molecule has 5 saturated heterocycles. The molecule has 0 spiro atoms. The lowest BCUT2D eigenvalue weighted by Crippen LogP contribution is -2.37. The van der Waals surface area contributed by atoms with E-state index < -0.39 is 17.7 Å². The van der Waals surface area contributed by atoms with E-state index in [9.17, 15) is 24.0 Å². The summed E-state index contributed by atoms with van der Waals surface area (Å²) in [5.41, 5.74) is 18.1. The van der Waals surface area contributed by atoms with Gasteiger partial charge in [0.2, 0.25) is 23.8 Å². The fraction of sp³-hybridized carbons (Fsp3) is 0.444. The standard InChI is InChI=1S/C28H34N6O3.C23H26N6O.C13H20N4O2.C11H16N4O2.C6H14N2/c1-28(2,3)37-27(36)33-23-11-10-20(19-8-6-5-7-9-19)16-24(23)32-25(35)21-17-29-26(30-18-21)31-22-12-14-34(4)15-13-22;1-29-11-9-19(10-12-29)27-23-25-14-18(15-26-23)22(30)28-21-13-17(7-8-20(21)24)16-5-3-2-4-6-16;1-3-19-12(18)10-8-14-13(15-9-10)16-11-4-6-17(2)7-5-11;1-15-4-2-9(3-5-15)14-11-12-6-8(7-13-11)10(16)17;1-8-4-2-6(7)3-5-8/h5-11,16-18,22H,12-15H2,1-4H3,(H,32,35)(H,33,36)(H,29,30,31);2-8,13-15,19H,9-12,24H2,1H3,(H,28,30)(H,25,26,27);8-9,11H,3-7H2,1-2H3,(H,14,15,16);6-7,9H,2-5H2,1H3,(H,16,17)(H,12,13,14);6H,2-5,7H2,1H3. The Morgan fingerprint density at radius 1 is 0.423 bits per heavy atom. The van der Waals surface area contributed by atoms with E-state index in [0.717, 1.165) is 126 Å². The number of rotatable bonds is 18. The maximum atomic E-state index is 13.1. The van der Waals surface area contributed by atoms with Crippen molar-refractivity contribution in [1.82, 2.24) is 64.4 Å². The number of carboxylic acid groups (broad SMARTS) is 1. The summed E-state index contributed by atoms with van der Waals surface area (Å²) in [6, 6.07) is 32.7. The van der Waals surface area contributed by atoms with Crippen molar-refractivity contribution in [1.29, 1.82) is 0 Å². The molecule has 592 valence electrons. The Hall–Kier alpha value is -10.9. The molecular formula is C81H110N22O8. The lowest BCUT2D eigenvalue weighted by atomic mass is 10.0. The van der Waals surface area contributed by atoms with Gasteiger partial charge in [-0.3, -0.25) is 14.9 Å². The van der Waals surface area contributed by atoms with Gasteiger partial charge in [0.1, 0.15) is 5.60 Å². The first-order valence-electron chi connectivity index (χ1n) is 38.1. The van der Waals surface area contributed by atoms with Gasteiger partial charge < -0.3 is 82.4 Å². The number of ether oxygens (including phenoxy) is 2. The van der Waals surface area contributed by atoms with Gasteiger partial charge in [-0.1, -0.05) is 72.8 Å². The van der Waals surface area contributed by atoms with Crippen LogP contribution in [0.4, 0.5) is 51.3 Å². The van der Waals surface area contributed by atoms with Crippen LogP contribution in [0, 0.1) is 0 Å². The van der Waals surface area contributed by atoms with Crippen molar-refractivity contribution in [3.05, 3.63) is 169 Å². The van der Waals surface area contributed by atoms with Crippen LogP contribution in [0.15, 0.2) is 147 Å². The second-order valence-electron chi connectivity index (χ2n) is 29.6. The molecule has 111 heavy (non-hydrogen) atoms. The molecule has 9 heterocycles. The van der Waals surface area contributed by atoms with Crippen molar-refractivity contribution >= 4 is 76.4 Å². The van der Waals surface area contributed by atoms with Crippen molar-refractivity contribution in [2.24, 2.45) is 5.73 Å². The molecule has 5 aliphatic rings. The maximum Gasteiger partial charge on any atom is 0.412 e. The van der Waals surface area contributed by atoms with Crippen molar-refractivity contribution in [2.75, 3.05) is 150 Å². The first-order chi connectivity index (χ1) is 53.4. The number of aromatic carboxylic acids is 1. The normalized spacial score (nSPS) is 16.5. The van der Waals surface area contributed by atoms with Crippen LogP contribution < -0.4 is 48.7 Å². The highest BCUT2D eigenvalue weighted by Gasteiger charge is 2.24. The number of amides is 3. The molecule has 0 unspecified atom stereocenters. The lowest BCUT2D eigenvalue weighted by molar-refractivity contribution is 0.0523. The monoisotopic (exact) mass is 1520 g/mol. The first kappa shape index (κ1) is 84.1. The molecule has 12 N–H and O–H groups in total. The number of nitrogens with two attached hydrogens (primary N) is 2. The third-order valence-electron chi connectivity index (χ3n) is 19.3. The van der Waals surface area contributed by atoms with Gasteiger partial charge in [0, 0.05) is 79.8 Å². The van der Waals surface area contributed by atoms with Crippen LogP contribution in [0.1, 0.15) is 133 Å². The predicted octanol–water partition coefficient (Wildman–Crippen LogP) is 10.6. The first-order valence-corrected chi connectivity index (χ1v) is 38.1. The van der Waals surface area contributed by atoms with Crippen molar-refractivity contribution < 1.29 is 38.6 Å². The zero-order valence-corrected chi connectivity index (χ0v) is 65.4. The minimum atomic E-state index is -1.00. The number of piperidine rings is 5. The predicted molar refractivity (Wildman–Crippen MR) is 436 cm³/mol. The Kier molecular flexibility index (Phi) is 32.1. The Balaban J connectivity index is 0.000000171. The number of nitrogen functional groups attached to an aromatic ring is 1. The van der Waals surface area contributed by atoms with E-state index in [1.165, 1.54) is 75.5 Å². The van der Waals surface area contributed by atoms with Crippen LogP contribution in [0.25, 0.3) is 22.3 Å². The molecule has 30 heteroatoms. The van der Waals surface area contributed by atoms with E-state index in [1.54, 1.807) is 39.8 Å². The number of nitrogens with zero attached hydrogens (tertiary/aromatic N) is 13. The molecule has 0 atom stereocenters. The largest absolute Gasteiger partial charge is 0.478 e. The fourth-order valence-corrected chi connectivity index (χ4v) is 12.5. The van der Waals surface area contributed by atoms with Crippen LogP contribution >= 0.6 is 0 Å². The maximum absolute atomic E-state index is 13.1. The van der Waals surface area contributed by atoms with Crippen molar-refractivity contribution in [2.45, 2.75) is 128 Å². The molecule has 5 fully saturated rings. The summed E-state index contributed by atoms with van der Waals surface area (Å²) in [6.45, 7) is 18.3. The summed E-state index contributed by atoms with van der Waals surface area (Å²) in [5.74, 6) is 0.0635. The number of carboxylic acids is 1. The van der Waals surface area contributed by atoms with Crippen LogP contribution in [0.5, 0.6) is 0 Å². The molecule has 0 radical (unpaired) electrons. The molecule has 0 aliphatic carbocycles. The van der Waals surface area contributed by atoms with E-state index in [-0.39, 0.29) is 23.3 Å². The third-order valence-corrected chi connectivity index (χ3v) is 19.3. The Morgan fingerprint density at radius 3 is 1.09 bits per heavy atom. The molecule has 30 nitrogen and oxygen atoms in total. The SMILES string of the molecule is CCOC(=O)c1cnc(NC2CCN(C)CC2)nc1.CN1CCC(N)CC1.CN1CCC(Nc2ncc(C(=O)Nc3cc(-c4ccccc4)ccc3N)cn2)CC1.CN1CCC(Nc2ncc(C(=O)Nc3cc(-c4ccccc4)ccc3NC(=O)OC(C)(C)C)cn2)CC1.CN1CCC(Nc2ncc(C(=O)O)cn2)CC1. The fourth-order valence-electron chi connectivity index (χ4n) is 12.5. The van der Waals surface area contributed by atoms with Gasteiger partial charge in [0.15, 0.2) is 0 Å². The average molecular weight is 1520 g/mol. The van der Waals surface area contributed by atoms with Crippen molar-refractivity contribution in [3.63, 3.8) is 0 Å². The van der Waals surface area contributed by atoms with Crippen LogP contribution in [0.3, 0.4) is 0 Å². The second-order valence-corrected chi connectivity index (χ2v) is 29.6. The zero-order valence-electron chi connectivity index (χ0n) is 65.4. The van der Waals surface area contributed by atoms with Gasteiger partial charge in [0.05, 0.1) is 51.6 Å². The zero-order chi connectivity index (χ0) is 79.2. The topological polar surface area (TPSA) is 380 Å². The second kappa shape index (κ2) is 42.3. The van der Waals surface area contributed by atoms with Gasteiger partial charge in [0.25, 0.3) is 11.8 Å². The molecule has 13 rings (SSSR count). The third kappa shape index (κ3) is 28.5. The van der Waals surface area contributed by atoms with Crippen LogP contribution in [0.2, 0.25) is 0 Å². The van der Waals surface area contributed by atoms with Gasteiger partial charge in [-0.15, -0.1) is 0 Å². The molecule has 0 bridgehead atoms. The van der Waals surface area contributed by atoms with E-state index in [0.29, 0.717) is 100 Å². The minimum absolute atomic E-state index is 0.110. The minimum Gasteiger partial charge on any atom is -0.478 e. The van der Waals surface area contributed by atoms with Gasteiger partial charge >= 0.3 is 18.0 Å². The number of carbonyl (C=O) groups excluding carboxylic acids is 4. The molecule has 4 aromatic carbocycles. The molecule has 3 amide bonds. The smallest absolute Gasteiger partial charge is 0.412 e. The summed E-state index contributed by atoms with van der Waals surface area (Å²) in [5, 5.41) is 30.5. The highest BCUT2D eigenvalue weighted by molar-refractivity contribution is 6.07. The Labute approximate surface area is 651 Å². The Morgan fingerprint density at radius 2 is 0.748 bits per heavy atom. The summed E-state index contributed by atoms with van der Waals surface area (Å²) in [4.78, 5) is 105. The number of aromatic nitrogens is 8. The lowest BCUT2D eigenvalue weighted by Gasteiger charge is -2.29. The molecule has 0 saturated carbocycles. The van der Waals surface area contributed by atoms with Crippen molar-refractivity contribution in [3.8, 4) is 22.3 Å². The van der Waals surface area contributed by atoms with E-state index in [1.807, 2.05) is 84.9 Å². The van der Waals surface area contributed by atoms with E-state index in [4.69, 9.17) is 26.0 Å². The average Bonchev–Trinajstić information content (AvgIpc) is 0.845. The summed E-state index contributed by atoms with van der Waals surface area (Å²) in [7, 11) is 10.6. The summed E-state index contributed by atoms with van der Waals surface area (Å²) < 4.78 is 10.3. The van der Waals surface area contributed by atoms with E-state index in [2.05, 4.69) is 137 Å². The van der Waals surface area contributed by atoms with Gasteiger partial charge in [-0.2, -0.15) is 0 Å². The molecule has 8 aromatic rings. The molecule has 4 aromatic heterocycles. The number of hydrogen-bond acceptors (Lipinski definition) is 26. The number of carbonyl (C=O) groups is 5.